The van der Waals surface area contributed by atoms with Gasteiger partial charge in [0.25, 0.3) is 11.8 Å². The standard InChI is InChI=1S/C24H32N6O5S/c1-7-11(4)17-23-30-18(13(6)35-23)21(33)28-16(10(2)3)22-26-14(8-34-22)19(31)25-12(5)24-27-15(9-36-24)20(32)29-17/h9-12,14,16-17H,7-8H2,1-6H3,(H,25,31)(H,28,33)(H,29,32)/t11-,12-,14-,16-,17-/m0/s1. The van der Waals surface area contributed by atoms with Crippen molar-refractivity contribution < 1.29 is 23.5 Å². The number of amides is 3. The number of aromatic nitrogens is 2. The second-order valence-corrected chi connectivity index (χ2v) is 10.5. The Morgan fingerprint density at radius 3 is 2.50 bits per heavy atom. The summed E-state index contributed by atoms with van der Waals surface area (Å²) in [4.78, 5) is 52.6. The van der Waals surface area contributed by atoms with E-state index in [0.29, 0.717) is 16.7 Å². The van der Waals surface area contributed by atoms with Gasteiger partial charge in [0.2, 0.25) is 17.7 Å². The van der Waals surface area contributed by atoms with Crippen LogP contribution in [0.1, 0.15) is 90.8 Å². The van der Waals surface area contributed by atoms with Gasteiger partial charge in [-0.05, 0) is 25.7 Å². The molecule has 0 spiro atoms. The van der Waals surface area contributed by atoms with Crippen LogP contribution >= 0.6 is 11.3 Å². The third kappa shape index (κ3) is 5.13. The Morgan fingerprint density at radius 1 is 1.08 bits per heavy atom. The number of hydrogen-bond acceptors (Lipinski definition) is 9. The summed E-state index contributed by atoms with van der Waals surface area (Å²) in [5.41, 5.74) is 0.355. The van der Waals surface area contributed by atoms with Crippen molar-refractivity contribution in [2.75, 3.05) is 6.61 Å². The molecule has 0 aromatic carbocycles. The van der Waals surface area contributed by atoms with E-state index in [4.69, 9.17) is 9.15 Å². The quantitative estimate of drug-likeness (QED) is 0.568. The third-order valence-corrected chi connectivity index (χ3v) is 7.50. The van der Waals surface area contributed by atoms with Gasteiger partial charge in [-0.1, -0.05) is 34.1 Å². The van der Waals surface area contributed by atoms with Crippen LogP contribution < -0.4 is 16.0 Å². The molecule has 11 nitrogen and oxygen atoms in total. The maximum absolute atomic E-state index is 13.2. The van der Waals surface area contributed by atoms with E-state index in [1.165, 1.54) is 11.3 Å². The van der Waals surface area contributed by atoms with Gasteiger partial charge in [0.05, 0.1) is 6.04 Å². The number of hydrogen-bond donors (Lipinski definition) is 3. The molecule has 0 radical (unpaired) electrons. The molecule has 12 heteroatoms. The SMILES string of the molecule is CC[C@H](C)[C@@H]1NC(=O)c2csc(n2)[C@H](C)NC(=O)[C@@H]2COC(=N2)[C@H](C(C)C)NC(=O)c2nc1oc2C. The van der Waals surface area contributed by atoms with E-state index >= 15 is 0 Å². The van der Waals surface area contributed by atoms with Gasteiger partial charge in [-0.15, -0.1) is 11.3 Å². The van der Waals surface area contributed by atoms with Crippen molar-refractivity contribution in [1.29, 1.82) is 0 Å². The highest BCUT2D eigenvalue weighted by Gasteiger charge is 2.35. The van der Waals surface area contributed by atoms with Crippen LogP contribution in [0, 0.1) is 18.8 Å². The molecule has 4 heterocycles. The monoisotopic (exact) mass is 516 g/mol. The smallest absolute Gasteiger partial charge is 0.274 e. The highest BCUT2D eigenvalue weighted by Crippen LogP contribution is 2.27. The molecule has 6 bridgehead atoms. The van der Waals surface area contributed by atoms with Crippen LogP contribution in [0.15, 0.2) is 14.8 Å². The summed E-state index contributed by atoms with van der Waals surface area (Å²) in [7, 11) is 0. The molecular formula is C24H32N6O5S. The fourth-order valence-corrected chi connectivity index (χ4v) is 4.85. The van der Waals surface area contributed by atoms with Crippen LogP contribution in [0.5, 0.6) is 0 Å². The minimum absolute atomic E-state index is 0.0218. The molecule has 0 saturated heterocycles. The van der Waals surface area contributed by atoms with Crippen LogP contribution in [0.3, 0.4) is 0 Å². The first-order chi connectivity index (χ1) is 17.1. The summed E-state index contributed by atoms with van der Waals surface area (Å²) >= 11 is 1.29. The van der Waals surface area contributed by atoms with Crippen molar-refractivity contribution in [2.24, 2.45) is 16.8 Å². The summed E-state index contributed by atoms with van der Waals surface area (Å²) in [5.74, 6) is -0.346. The normalized spacial score (nSPS) is 25.8. The zero-order chi connectivity index (χ0) is 26.1. The second kappa shape index (κ2) is 10.4. The zero-order valence-corrected chi connectivity index (χ0v) is 22.1. The minimum atomic E-state index is -0.751. The number of oxazole rings is 1. The summed E-state index contributed by atoms with van der Waals surface area (Å²) in [6, 6.07) is -2.30. The topological polar surface area (TPSA) is 148 Å². The Labute approximate surface area is 213 Å². The van der Waals surface area contributed by atoms with Gasteiger partial charge in [0, 0.05) is 5.38 Å². The molecule has 3 N–H and O–H groups in total. The zero-order valence-electron chi connectivity index (χ0n) is 21.2. The highest BCUT2D eigenvalue weighted by atomic mass is 32.1. The number of aryl methyl sites for hydroxylation is 1. The van der Waals surface area contributed by atoms with Gasteiger partial charge in [-0.3, -0.25) is 14.4 Å². The van der Waals surface area contributed by atoms with E-state index in [-0.39, 0.29) is 47.5 Å². The molecule has 194 valence electrons. The molecule has 2 aromatic heterocycles. The van der Waals surface area contributed by atoms with E-state index in [0.717, 1.165) is 6.42 Å². The molecule has 0 aliphatic carbocycles. The summed E-state index contributed by atoms with van der Waals surface area (Å²) in [5, 5.41) is 11.0. The van der Waals surface area contributed by atoms with E-state index in [1.807, 2.05) is 27.7 Å². The first kappa shape index (κ1) is 25.8. The van der Waals surface area contributed by atoms with Crippen molar-refractivity contribution in [1.82, 2.24) is 25.9 Å². The lowest BCUT2D eigenvalue weighted by Crippen LogP contribution is -2.45. The number of carbonyl (C=O) groups excluding carboxylic acids is 3. The largest absolute Gasteiger partial charge is 0.477 e. The summed E-state index contributed by atoms with van der Waals surface area (Å²) < 4.78 is 11.6. The first-order valence-electron chi connectivity index (χ1n) is 12.1. The summed E-state index contributed by atoms with van der Waals surface area (Å²) in [6.45, 7) is 11.4. The third-order valence-electron chi connectivity index (χ3n) is 6.47. The van der Waals surface area contributed by atoms with E-state index in [2.05, 4.69) is 30.9 Å². The fourth-order valence-electron chi connectivity index (χ4n) is 4.04. The van der Waals surface area contributed by atoms with Crippen molar-refractivity contribution in [3.63, 3.8) is 0 Å². The molecule has 4 rings (SSSR count). The van der Waals surface area contributed by atoms with Crippen LogP contribution in [-0.2, 0) is 9.53 Å². The lowest BCUT2D eigenvalue weighted by Gasteiger charge is -2.21. The summed E-state index contributed by atoms with van der Waals surface area (Å²) in [6.07, 6.45) is 0.743. The van der Waals surface area contributed by atoms with Gasteiger partial charge < -0.3 is 25.1 Å². The average Bonchev–Trinajstić information content (AvgIpc) is 3.59. The van der Waals surface area contributed by atoms with Crippen LogP contribution in [0.25, 0.3) is 0 Å². The minimum Gasteiger partial charge on any atom is -0.477 e. The first-order valence-corrected chi connectivity index (χ1v) is 13.0. The number of ether oxygens (including phenoxy) is 1. The van der Waals surface area contributed by atoms with Crippen molar-refractivity contribution in [3.05, 3.63) is 33.4 Å². The van der Waals surface area contributed by atoms with E-state index in [9.17, 15) is 14.4 Å². The lowest BCUT2D eigenvalue weighted by molar-refractivity contribution is -0.123. The number of rotatable bonds is 3. The van der Waals surface area contributed by atoms with Gasteiger partial charge in [0.15, 0.2) is 11.7 Å². The number of carbonyl (C=O) groups is 3. The highest BCUT2D eigenvalue weighted by molar-refractivity contribution is 7.09. The van der Waals surface area contributed by atoms with Crippen LogP contribution in [0.4, 0.5) is 0 Å². The molecule has 2 aliphatic rings. The molecule has 0 fully saturated rings. The molecule has 2 aromatic rings. The Bertz CT molecular complexity index is 1190. The predicted molar refractivity (Wildman–Crippen MR) is 133 cm³/mol. The number of fused-ring (bicyclic) bond motifs is 5. The molecular weight excluding hydrogens is 484 g/mol. The van der Waals surface area contributed by atoms with Crippen molar-refractivity contribution >= 4 is 35.0 Å². The van der Waals surface area contributed by atoms with E-state index in [1.54, 1.807) is 19.2 Å². The van der Waals surface area contributed by atoms with Crippen LogP contribution in [-0.4, -0.2) is 52.3 Å². The Morgan fingerprint density at radius 2 is 1.81 bits per heavy atom. The second-order valence-electron chi connectivity index (χ2n) is 9.58. The van der Waals surface area contributed by atoms with Crippen LogP contribution in [0.2, 0.25) is 0 Å². The van der Waals surface area contributed by atoms with Gasteiger partial charge in [-0.2, -0.15) is 0 Å². The Kier molecular flexibility index (Phi) is 7.43. The van der Waals surface area contributed by atoms with Gasteiger partial charge >= 0.3 is 0 Å². The average molecular weight is 517 g/mol. The molecule has 5 atom stereocenters. The predicted octanol–water partition coefficient (Wildman–Crippen LogP) is 2.70. The van der Waals surface area contributed by atoms with Crippen molar-refractivity contribution in [3.8, 4) is 0 Å². The fraction of sp³-hybridized carbons (Fsp3) is 0.583. The Hall–Kier alpha value is -3.28. The number of nitrogens with one attached hydrogen (secondary N) is 3. The van der Waals surface area contributed by atoms with Gasteiger partial charge in [0.1, 0.15) is 35.2 Å². The maximum atomic E-state index is 13.2. The van der Waals surface area contributed by atoms with E-state index < -0.39 is 30.1 Å². The van der Waals surface area contributed by atoms with Crippen molar-refractivity contribution in [2.45, 2.75) is 72.1 Å². The molecule has 0 unspecified atom stereocenters. The molecule has 36 heavy (non-hydrogen) atoms. The van der Waals surface area contributed by atoms with Gasteiger partial charge in [-0.25, -0.2) is 15.0 Å². The maximum Gasteiger partial charge on any atom is 0.274 e. The number of aliphatic imine (C=N–C) groups is 1. The molecule has 0 saturated carbocycles. The Balaban J connectivity index is 1.76. The molecule has 3 amide bonds. The molecule has 2 aliphatic heterocycles. The number of nitrogens with zero attached hydrogens (tertiary/aromatic N) is 3. The lowest BCUT2D eigenvalue weighted by atomic mass is 9.99. The number of thiazole rings is 1.